The van der Waals surface area contributed by atoms with Crippen molar-refractivity contribution in [3.8, 4) is 0 Å². The van der Waals surface area contributed by atoms with E-state index in [0.717, 1.165) is 19.5 Å². The third-order valence-corrected chi connectivity index (χ3v) is 1.92. The van der Waals surface area contributed by atoms with Gasteiger partial charge in [0, 0.05) is 6.42 Å². The Kier molecular flexibility index (Phi) is 3.36. The van der Waals surface area contributed by atoms with Crippen LogP contribution in [0.5, 0.6) is 0 Å². The van der Waals surface area contributed by atoms with E-state index in [1.807, 2.05) is 6.92 Å². The number of nitrogens with one attached hydrogen (secondary N) is 1. The summed E-state index contributed by atoms with van der Waals surface area (Å²) in [4.78, 5) is 10.9. The zero-order valence-corrected chi connectivity index (χ0v) is 6.93. The van der Waals surface area contributed by atoms with Gasteiger partial charge >= 0.3 is 5.97 Å². The Labute approximate surface area is 67.1 Å². The number of hydrogen-bond acceptors (Lipinski definition) is 3. The van der Waals surface area contributed by atoms with Crippen LogP contribution in [-0.2, 0) is 9.53 Å². The van der Waals surface area contributed by atoms with E-state index in [9.17, 15) is 4.79 Å². The summed E-state index contributed by atoms with van der Waals surface area (Å²) in [7, 11) is 0. The molecule has 0 aromatic carbocycles. The molecular weight excluding hydrogens is 142 g/mol. The highest BCUT2D eigenvalue weighted by atomic mass is 16.5. The molecule has 1 rings (SSSR count). The number of carbonyl (C=O) groups excluding carboxylic acids is 1. The molecule has 1 fully saturated rings. The second-order valence-corrected chi connectivity index (χ2v) is 2.87. The largest absolute Gasteiger partial charge is 0.466 e. The Morgan fingerprint density at radius 3 is 3.09 bits per heavy atom. The highest BCUT2D eigenvalue weighted by Crippen LogP contribution is 2.12. The summed E-state index contributed by atoms with van der Waals surface area (Å²) >= 11 is 0. The molecule has 0 aliphatic carbocycles. The number of carbonyl (C=O) groups is 1. The van der Waals surface area contributed by atoms with Crippen LogP contribution in [0.3, 0.4) is 0 Å². The molecule has 1 unspecified atom stereocenters. The lowest BCUT2D eigenvalue weighted by Crippen LogP contribution is -2.14. The molecule has 1 atom stereocenters. The van der Waals surface area contributed by atoms with E-state index in [0.29, 0.717) is 18.9 Å². The number of esters is 1. The molecule has 0 aromatic rings. The Bertz CT molecular complexity index is 130. The molecule has 1 saturated heterocycles. The van der Waals surface area contributed by atoms with Crippen LogP contribution >= 0.6 is 0 Å². The van der Waals surface area contributed by atoms with Gasteiger partial charge in [0.05, 0.1) is 6.61 Å². The summed E-state index contributed by atoms with van der Waals surface area (Å²) in [6.45, 7) is 4.35. The number of ether oxygens (including phenoxy) is 1. The van der Waals surface area contributed by atoms with Crippen LogP contribution in [0.15, 0.2) is 0 Å². The second kappa shape index (κ2) is 4.34. The van der Waals surface area contributed by atoms with Crippen LogP contribution in [0, 0.1) is 5.92 Å². The van der Waals surface area contributed by atoms with E-state index >= 15 is 0 Å². The normalized spacial score (nSPS) is 23.5. The summed E-state index contributed by atoms with van der Waals surface area (Å²) in [5.41, 5.74) is 0. The molecule has 0 spiro atoms. The molecular formula is C8H15NO2. The van der Waals surface area contributed by atoms with Crippen LogP contribution in [0.1, 0.15) is 19.8 Å². The third-order valence-electron chi connectivity index (χ3n) is 1.92. The third kappa shape index (κ3) is 2.89. The van der Waals surface area contributed by atoms with Crippen molar-refractivity contribution in [2.45, 2.75) is 19.8 Å². The minimum absolute atomic E-state index is 0.0544. The van der Waals surface area contributed by atoms with Crippen LogP contribution in [0.4, 0.5) is 0 Å². The lowest BCUT2D eigenvalue weighted by molar-refractivity contribution is -0.144. The zero-order valence-electron chi connectivity index (χ0n) is 6.93. The quantitative estimate of drug-likeness (QED) is 0.608. The van der Waals surface area contributed by atoms with Crippen molar-refractivity contribution in [1.29, 1.82) is 0 Å². The zero-order chi connectivity index (χ0) is 8.10. The van der Waals surface area contributed by atoms with E-state index in [1.54, 1.807) is 0 Å². The lowest BCUT2D eigenvalue weighted by Gasteiger charge is -2.06. The van der Waals surface area contributed by atoms with Crippen molar-refractivity contribution >= 4 is 5.97 Å². The van der Waals surface area contributed by atoms with E-state index in [2.05, 4.69) is 5.32 Å². The molecule has 1 N–H and O–H groups in total. The number of hydrogen-bond donors (Lipinski definition) is 1. The van der Waals surface area contributed by atoms with Crippen molar-refractivity contribution < 1.29 is 9.53 Å². The minimum atomic E-state index is -0.0544. The maximum absolute atomic E-state index is 10.9. The first kappa shape index (κ1) is 8.53. The summed E-state index contributed by atoms with van der Waals surface area (Å²) in [6.07, 6.45) is 1.69. The molecule has 1 aliphatic rings. The van der Waals surface area contributed by atoms with Gasteiger partial charge in [0.2, 0.25) is 0 Å². The fraction of sp³-hybridized carbons (Fsp3) is 0.875. The van der Waals surface area contributed by atoms with E-state index in [1.165, 1.54) is 0 Å². The predicted octanol–water partition coefficient (Wildman–Crippen LogP) is 0.549. The van der Waals surface area contributed by atoms with E-state index in [4.69, 9.17) is 4.74 Å². The van der Waals surface area contributed by atoms with Crippen LogP contribution in [0.25, 0.3) is 0 Å². The van der Waals surface area contributed by atoms with Gasteiger partial charge in [0.15, 0.2) is 0 Å². The van der Waals surface area contributed by atoms with Crippen molar-refractivity contribution in [1.82, 2.24) is 5.32 Å². The average Bonchev–Trinajstić information content (AvgIpc) is 2.40. The average molecular weight is 157 g/mol. The SMILES string of the molecule is CCOC(=O)CC1CCNC1. The monoisotopic (exact) mass is 157 g/mol. The Balaban J connectivity index is 2.13. The molecule has 11 heavy (non-hydrogen) atoms. The molecule has 0 aromatic heterocycles. The molecule has 3 nitrogen and oxygen atoms in total. The Morgan fingerprint density at radius 2 is 2.55 bits per heavy atom. The van der Waals surface area contributed by atoms with Crippen LogP contribution in [-0.4, -0.2) is 25.7 Å². The van der Waals surface area contributed by atoms with E-state index < -0.39 is 0 Å². The summed E-state index contributed by atoms with van der Waals surface area (Å²) in [6, 6.07) is 0. The van der Waals surface area contributed by atoms with Gasteiger partial charge in [-0.15, -0.1) is 0 Å². The second-order valence-electron chi connectivity index (χ2n) is 2.87. The highest BCUT2D eigenvalue weighted by molar-refractivity contribution is 5.69. The smallest absolute Gasteiger partial charge is 0.306 e. The lowest BCUT2D eigenvalue weighted by atomic mass is 10.1. The molecule has 1 aliphatic heterocycles. The maximum atomic E-state index is 10.9. The maximum Gasteiger partial charge on any atom is 0.306 e. The molecule has 1 heterocycles. The standard InChI is InChI=1S/C8H15NO2/c1-2-11-8(10)5-7-3-4-9-6-7/h7,9H,2-6H2,1H3. The van der Waals surface area contributed by atoms with Gasteiger partial charge in [-0.05, 0) is 32.4 Å². The molecule has 0 saturated carbocycles. The van der Waals surface area contributed by atoms with Crippen molar-refractivity contribution in [3.05, 3.63) is 0 Å². The molecule has 3 heteroatoms. The van der Waals surface area contributed by atoms with Crippen molar-refractivity contribution in [2.24, 2.45) is 5.92 Å². The molecule has 0 amide bonds. The Hall–Kier alpha value is -0.570. The van der Waals surface area contributed by atoms with Crippen LogP contribution < -0.4 is 5.32 Å². The topological polar surface area (TPSA) is 38.3 Å². The van der Waals surface area contributed by atoms with Gasteiger partial charge in [-0.1, -0.05) is 0 Å². The van der Waals surface area contributed by atoms with Crippen molar-refractivity contribution in [3.63, 3.8) is 0 Å². The first-order valence-electron chi connectivity index (χ1n) is 4.19. The summed E-state index contributed by atoms with van der Waals surface area (Å²) in [5, 5.41) is 3.21. The van der Waals surface area contributed by atoms with Gasteiger partial charge in [0.25, 0.3) is 0 Å². The van der Waals surface area contributed by atoms with Crippen LogP contribution in [0.2, 0.25) is 0 Å². The Morgan fingerprint density at radius 1 is 1.73 bits per heavy atom. The first-order valence-corrected chi connectivity index (χ1v) is 4.19. The van der Waals surface area contributed by atoms with Gasteiger partial charge in [-0.25, -0.2) is 0 Å². The van der Waals surface area contributed by atoms with Gasteiger partial charge < -0.3 is 10.1 Å². The first-order chi connectivity index (χ1) is 5.33. The number of rotatable bonds is 3. The highest BCUT2D eigenvalue weighted by Gasteiger charge is 2.18. The van der Waals surface area contributed by atoms with Gasteiger partial charge in [0.1, 0.15) is 0 Å². The fourth-order valence-corrected chi connectivity index (χ4v) is 1.34. The van der Waals surface area contributed by atoms with Gasteiger partial charge in [-0.2, -0.15) is 0 Å². The molecule has 0 bridgehead atoms. The predicted molar refractivity (Wildman–Crippen MR) is 42.2 cm³/mol. The fourth-order valence-electron chi connectivity index (χ4n) is 1.34. The molecule has 64 valence electrons. The van der Waals surface area contributed by atoms with Crippen molar-refractivity contribution in [2.75, 3.05) is 19.7 Å². The molecule has 0 radical (unpaired) electrons. The summed E-state index contributed by atoms with van der Waals surface area (Å²) < 4.78 is 4.84. The van der Waals surface area contributed by atoms with E-state index in [-0.39, 0.29) is 5.97 Å². The summed E-state index contributed by atoms with van der Waals surface area (Å²) in [5.74, 6) is 0.454. The van der Waals surface area contributed by atoms with Gasteiger partial charge in [-0.3, -0.25) is 4.79 Å². The minimum Gasteiger partial charge on any atom is -0.466 e.